The minimum absolute atomic E-state index is 0.133. The van der Waals surface area contributed by atoms with Crippen LogP contribution in [-0.2, 0) is 10.2 Å². The SMILES string of the molecule is CCNC(=O)[C@H]1[C@H](c2cc([N+](=O)[O-])ccc2[O-])CC2=[N+]1c1ccc(C)cc1C2(C)C. The average Bonchev–Trinajstić information content (AvgIpc) is 3.17. The zero-order valence-electron chi connectivity index (χ0n) is 17.6. The van der Waals surface area contributed by atoms with Gasteiger partial charge < -0.3 is 10.4 Å². The van der Waals surface area contributed by atoms with Gasteiger partial charge in [-0.25, -0.2) is 0 Å². The fraction of sp³-hybridized carbons (Fsp3) is 0.391. The zero-order valence-corrected chi connectivity index (χ0v) is 17.6. The van der Waals surface area contributed by atoms with Gasteiger partial charge >= 0.3 is 0 Å². The van der Waals surface area contributed by atoms with Crippen LogP contribution in [0.3, 0.4) is 0 Å². The molecule has 1 amide bonds. The van der Waals surface area contributed by atoms with E-state index in [-0.39, 0.29) is 22.8 Å². The predicted molar refractivity (Wildman–Crippen MR) is 112 cm³/mol. The van der Waals surface area contributed by atoms with E-state index < -0.39 is 16.9 Å². The summed E-state index contributed by atoms with van der Waals surface area (Å²) >= 11 is 0. The van der Waals surface area contributed by atoms with E-state index in [0.717, 1.165) is 22.5 Å². The third-order valence-electron chi connectivity index (χ3n) is 6.39. The number of carbonyl (C=O) groups is 1. The maximum Gasteiger partial charge on any atom is 0.289 e. The summed E-state index contributed by atoms with van der Waals surface area (Å²) < 4.78 is 2.06. The Morgan fingerprint density at radius 1 is 1.27 bits per heavy atom. The Balaban J connectivity index is 1.89. The maximum atomic E-state index is 13.2. The van der Waals surface area contributed by atoms with Gasteiger partial charge in [-0.2, -0.15) is 4.58 Å². The lowest BCUT2D eigenvalue weighted by atomic mass is 9.76. The summed E-state index contributed by atoms with van der Waals surface area (Å²) in [5.41, 5.74) is 4.23. The quantitative estimate of drug-likeness (QED) is 0.478. The number of fused-ring (bicyclic) bond motifs is 2. The van der Waals surface area contributed by atoms with E-state index in [4.69, 9.17) is 0 Å². The van der Waals surface area contributed by atoms with Crippen molar-refractivity contribution in [3.8, 4) is 5.75 Å². The second kappa shape index (κ2) is 6.93. The Bertz CT molecular complexity index is 1100. The monoisotopic (exact) mass is 407 g/mol. The normalized spacial score (nSPS) is 21.3. The summed E-state index contributed by atoms with van der Waals surface area (Å²) in [6.07, 6.45) is 0.499. The molecule has 0 fully saturated rings. The summed E-state index contributed by atoms with van der Waals surface area (Å²) in [7, 11) is 0. The lowest BCUT2D eigenvalue weighted by Crippen LogP contribution is -2.41. The largest absolute Gasteiger partial charge is 0.872 e. The van der Waals surface area contributed by atoms with Gasteiger partial charge in [-0.15, -0.1) is 5.75 Å². The summed E-state index contributed by atoms with van der Waals surface area (Å²) in [5.74, 6) is -0.899. The van der Waals surface area contributed by atoms with Gasteiger partial charge in [0.1, 0.15) is 0 Å². The maximum absolute atomic E-state index is 13.2. The van der Waals surface area contributed by atoms with E-state index in [1.165, 1.54) is 18.2 Å². The fourth-order valence-electron chi connectivity index (χ4n) is 4.93. The molecule has 7 heteroatoms. The Morgan fingerprint density at radius 3 is 2.67 bits per heavy atom. The van der Waals surface area contributed by atoms with E-state index in [2.05, 4.69) is 29.8 Å². The Kier molecular flexibility index (Phi) is 4.64. The number of rotatable bonds is 4. The molecule has 4 rings (SSSR count). The molecule has 2 atom stereocenters. The van der Waals surface area contributed by atoms with Crippen molar-refractivity contribution in [3.05, 3.63) is 63.2 Å². The smallest absolute Gasteiger partial charge is 0.289 e. The van der Waals surface area contributed by atoms with Crippen molar-refractivity contribution in [3.63, 3.8) is 0 Å². The lowest BCUT2D eigenvalue weighted by molar-refractivity contribution is -0.462. The van der Waals surface area contributed by atoms with Crippen molar-refractivity contribution >= 4 is 23.0 Å². The molecule has 0 saturated carbocycles. The zero-order chi connectivity index (χ0) is 21.8. The van der Waals surface area contributed by atoms with Crippen LogP contribution < -0.4 is 10.4 Å². The van der Waals surface area contributed by atoms with Gasteiger partial charge in [-0.05, 0) is 39.3 Å². The highest BCUT2D eigenvalue weighted by atomic mass is 16.6. The minimum Gasteiger partial charge on any atom is -0.872 e. The number of non-ortho nitro benzene ring substituents is 1. The first-order chi connectivity index (χ1) is 14.2. The second-order valence-electron chi connectivity index (χ2n) is 8.59. The van der Waals surface area contributed by atoms with Gasteiger partial charge in [-0.1, -0.05) is 17.7 Å². The van der Waals surface area contributed by atoms with Crippen LogP contribution in [0.1, 0.15) is 49.8 Å². The van der Waals surface area contributed by atoms with Gasteiger partial charge in [0, 0.05) is 36.7 Å². The fourth-order valence-corrected chi connectivity index (χ4v) is 4.93. The van der Waals surface area contributed by atoms with Crippen molar-refractivity contribution in [1.82, 2.24) is 5.32 Å². The number of aryl methyl sites for hydroxylation is 1. The third-order valence-corrected chi connectivity index (χ3v) is 6.39. The van der Waals surface area contributed by atoms with Gasteiger partial charge in [0.2, 0.25) is 11.7 Å². The van der Waals surface area contributed by atoms with Crippen LogP contribution in [0.25, 0.3) is 0 Å². The average molecular weight is 407 g/mol. The van der Waals surface area contributed by atoms with Crippen LogP contribution in [0.2, 0.25) is 0 Å². The van der Waals surface area contributed by atoms with Crippen LogP contribution in [-0.4, -0.2) is 33.7 Å². The van der Waals surface area contributed by atoms with Crippen LogP contribution in [0, 0.1) is 17.0 Å². The molecule has 30 heavy (non-hydrogen) atoms. The molecule has 1 N–H and O–H groups in total. The number of benzene rings is 2. The number of nitro benzene ring substituents is 1. The van der Waals surface area contributed by atoms with Crippen molar-refractivity contribution in [2.75, 3.05) is 6.54 Å². The highest BCUT2D eigenvalue weighted by Gasteiger charge is 2.58. The molecule has 0 aromatic heterocycles. The molecule has 7 nitrogen and oxygen atoms in total. The van der Waals surface area contributed by atoms with E-state index >= 15 is 0 Å². The predicted octanol–water partition coefficient (Wildman–Crippen LogP) is 3.05. The molecule has 0 aliphatic carbocycles. The summed E-state index contributed by atoms with van der Waals surface area (Å²) in [6.45, 7) is 8.62. The first-order valence-corrected chi connectivity index (χ1v) is 10.2. The molecule has 2 aliphatic rings. The number of hydrogen-bond acceptors (Lipinski definition) is 4. The molecule has 156 valence electrons. The molecule has 0 spiro atoms. The topological polar surface area (TPSA) is 98.3 Å². The molecular weight excluding hydrogens is 382 g/mol. The number of nitro groups is 1. The number of hydrogen-bond donors (Lipinski definition) is 1. The molecule has 0 saturated heterocycles. The van der Waals surface area contributed by atoms with E-state index in [1.54, 1.807) is 0 Å². The van der Waals surface area contributed by atoms with Crippen LogP contribution in [0.15, 0.2) is 36.4 Å². The Hall–Kier alpha value is -3.22. The van der Waals surface area contributed by atoms with Gasteiger partial charge in [0.05, 0.1) is 16.3 Å². The molecular formula is C23H25N3O4. The van der Waals surface area contributed by atoms with Gasteiger partial charge in [-0.3, -0.25) is 14.9 Å². The lowest BCUT2D eigenvalue weighted by Gasteiger charge is -2.24. The molecule has 2 aromatic carbocycles. The standard InChI is InChI=1S/C23H25N3O4/c1-5-24-22(28)21-16(15-11-14(26(29)30)7-9-19(15)27)12-20-23(3,4)17-10-13(2)6-8-18(17)25(20)21/h6-11,16,21H,5,12H2,1-4H3,(H-,24,27,28)/t16-,21+/m0/s1. The third kappa shape index (κ3) is 2.88. The van der Waals surface area contributed by atoms with E-state index in [0.29, 0.717) is 18.5 Å². The molecule has 0 unspecified atom stereocenters. The number of amides is 1. The second-order valence-corrected chi connectivity index (χ2v) is 8.59. The van der Waals surface area contributed by atoms with Crippen molar-refractivity contribution in [1.29, 1.82) is 0 Å². The van der Waals surface area contributed by atoms with Gasteiger partial charge in [0.25, 0.3) is 11.6 Å². The first kappa shape index (κ1) is 20.1. The molecule has 2 heterocycles. The minimum atomic E-state index is -0.627. The van der Waals surface area contributed by atoms with Crippen LogP contribution >= 0.6 is 0 Å². The molecule has 0 bridgehead atoms. The Morgan fingerprint density at radius 2 is 2.00 bits per heavy atom. The molecule has 0 radical (unpaired) electrons. The number of nitrogens with zero attached hydrogens (tertiary/aromatic N) is 2. The van der Waals surface area contributed by atoms with Crippen molar-refractivity contribution in [2.45, 2.75) is 51.5 Å². The summed E-state index contributed by atoms with van der Waals surface area (Å²) in [5, 5.41) is 26.9. The Labute approximate surface area is 175 Å². The molecule has 2 aromatic rings. The van der Waals surface area contributed by atoms with E-state index in [9.17, 15) is 20.0 Å². The highest BCUT2D eigenvalue weighted by Crippen LogP contribution is 2.50. The van der Waals surface area contributed by atoms with Crippen molar-refractivity contribution in [2.24, 2.45) is 0 Å². The van der Waals surface area contributed by atoms with Crippen molar-refractivity contribution < 1.29 is 19.4 Å². The van der Waals surface area contributed by atoms with E-state index in [1.807, 2.05) is 26.0 Å². The highest BCUT2D eigenvalue weighted by molar-refractivity contribution is 5.99. The van der Waals surface area contributed by atoms with Crippen LogP contribution in [0.5, 0.6) is 5.75 Å². The first-order valence-electron chi connectivity index (χ1n) is 10.2. The molecule has 2 aliphatic heterocycles. The number of likely N-dealkylation sites (N-methyl/N-ethyl adjacent to an activating group) is 1. The summed E-state index contributed by atoms with van der Waals surface area (Å²) in [4.78, 5) is 24.0. The number of carbonyl (C=O) groups excluding carboxylic acids is 1. The summed E-state index contributed by atoms with van der Waals surface area (Å²) in [6, 6.07) is 9.36. The van der Waals surface area contributed by atoms with Gasteiger partial charge in [0.15, 0.2) is 5.71 Å². The number of nitrogens with one attached hydrogen (secondary N) is 1. The van der Waals surface area contributed by atoms with Crippen LogP contribution in [0.4, 0.5) is 11.4 Å².